The third-order valence-electron chi connectivity index (χ3n) is 7.62. The normalized spacial score (nSPS) is 13.8. The number of nitrogens with one attached hydrogen (secondary N) is 6. The lowest BCUT2D eigenvalue weighted by Crippen LogP contribution is -2.47. The molecule has 1 aliphatic heterocycles. The van der Waals surface area contributed by atoms with Crippen LogP contribution in [0.15, 0.2) is 36.4 Å². The van der Waals surface area contributed by atoms with Crippen molar-refractivity contribution in [2.75, 3.05) is 51.1 Å². The van der Waals surface area contributed by atoms with Gasteiger partial charge in [-0.2, -0.15) is 0 Å². The molecule has 0 saturated heterocycles. The van der Waals surface area contributed by atoms with Crippen molar-refractivity contribution in [3.8, 4) is 0 Å². The SMILES string of the molecule is CC(C)[C@@H](CN[C@@H](CCCNC(N)=O)CNc1ccc(COC(=O)NCCNC(=O)O)cc1)NCCCCCCN1C(=O)C=CC1=O. The molecule has 0 aliphatic carbocycles. The number of urea groups is 1. The van der Waals surface area contributed by atoms with Gasteiger partial charge in [0.1, 0.15) is 6.61 Å². The van der Waals surface area contributed by atoms with Crippen LogP contribution < -0.4 is 37.6 Å². The molecule has 0 fully saturated rings. The zero-order chi connectivity index (χ0) is 34.4. The van der Waals surface area contributed by atoms with E-state index in [1.807, 2.05) is 24.3 Å². The summed E-state index contributed by atoms with van der Waals surface area (Å²) in [6.07, 6.45) is 6.21. The summed E-state index contributed by atoms with van der Waals surface area (Å²) in [4.78, 5) is 57.9. The Labute approximate surface area is 276 Å². The number of nitrogens with two attached hydrogens (primary N) is 1. The predicted octanol–water partition coefficient (Wildman–Crippen LogP) is 2.10. The van der Waals surface area contributed by atoms with Gasteiger partial charge in [-0.05, 0) is 55.8 Å². The van der Waals surface area contributed by atoms with Crippen molar-refractivity contribution in [3.05, 3.63) is 42.0 Å². The first-order chi connectivity index (χ1) is 22.5. The van der Waals surface area contributed by atoms with Gasteiger partial charge in [-0.25, -0.2) is 14.4 Å². The lowest BCUT2D eigenvalue weighted by molar-refractivity contribution is -0.136. The number of primary amides is 1. The maximum Gasteiger partial charge on any atom is 0.407 e. The highest BCUT2D eigenvalue weighted by Gasteiger charge is 2.22. The number of unbranched alkanes of at least 4 members (excludes halogenated alkanes) is 3. The smallest absolute Gasteiger partial charge is 0.407 e. The Hall–Kier alpha value is -4.37. The summed E-state index contributed by atoms with van der Waals surface area (Å²) < 4.78 is 5.17. The number of rotatable bonds is 24. The third kappa shape index (κ3) is 17.2. The molecule has 2 rings (SSSR count). The summed E-state index contributed by atoms with van der Waals surface area (Å²) >= 11 is 0. The van der Waals surface area contributed by atoms with Gasteiger partial charge in [0.2, 0.25) is 0 Å². The lowest BCUT2D eigenvalue weighted by atomic mass is 10.0. The predicted molar refractivity (Wildman–Crippen MR) is 179 cm³/mol. The Balaban J connectivity index is 1.75. The maximum absolute atomic E-state index is 11.8. The number of alkyl carbamates (subject to hydrolysis) is 1. The van der Waals surface area contributed by atoms with Gasteiger partial charge in [0.25, 0.3) is 11.8 Å². The molecule has 6 amide bonds. The lowest BCUT2D eigenvalue weighted by Gasteiger charge is -2.27. The molecule has 0 aromatic heterocycles. The molecule has 0 spiro atoms. The number of hydrogen-bond acceptors (Lipinski definition) is 9. The van der Waals surface area contributed by atoms with Crippen molar-refractivity contribution in [1.82, 2.24) is 31.5 Å². The average molecular weight is 661 g/mol. The Bertz CT molecular complexity index is 1140. The average Bonchev–Trinajstić information content (AvgIpc) is 3.35. The summed E-state index contributed by atoms with van der Waals surface area (Å²) in [5.41, 5.74) is 6.93. The van der Waals surface area contributed by atoms with Crippen LogP contribution in [0.2, 0.25) is 0 Å². The number of nitrogens with zero attached hydrogens (tertiary/aromatic N) is 1. The van der Waals surface area contributed by atoms with E-state index in [1.54, 1.807) is 0 Å². The van der Waals surface area contributed by atoms with E-state index in [2.05, 4.69) is 45.7 Å². The fourth-order valence-electron chi connectivity index (χ4n) is 4.85. The minimum Gasteiger partial charge on any atom is -0.465 e. The summed E-state index contributed by atoms with van der Waals surface area (Å²) in [6, 6.07) is 7.40. The number of carbonyl (C=O) groups is 5. The van der Waals surface area contributed by atoms with E-state index < -0.39 is 18.2 Å². The molecule has 1 aromatic carbocycles. The van der Waals surface area contributed by atoms with E-state index in [0.717, 1.165) is 62.9 Å². The van der Waals surface area contributed by atoms with Crippen LogP contribution in [0.25, 0.3) is 0 Å². The molecular formula is C32H52N8O7. The second-order valence-corrected chi connectivity index (χ2v) is 11.7. The van der Waals surface area contributed by atoms with E-state index in [4.69, 9.17) is 15.6 Å². The number of benzene rings is 1. The quantitative estimate of drug-likeness (QED) is 0.0597. The standard InChI is InChI=1S/C32H52N8O7/c1-23(2)27(34-15-5-3-4-6-19-40-28(41)13-14-29(40)42)21-39-26(8-7-16-35-30(33)43)20-38-25-11-9-24(10-12-25)22-47-32(46)37-18-17-36-31(44)45/h9-14,23,26-27,34,36,38-39H,3-8,15-22H2,1-2H3,(H,37,46)(H,44,45)(H3,33,35,43)/t26-,27+/m0/s1. The zero-order valence-electron chi connectivity index (χ0n) is 27.5. The Kier molecular flexibility index (Phi) is 18.3. The van der Waals surface area contributed by atoms with Crippen molar-refractivity contribution in [3.63, 3.8) is 0 Å². The topological polar surface area (TPSA) is 216 Å². The minimum atomic E-state index is -1.16. The van der Waals surface area contributed by atoms with Gasteiger partial charge in [-0.3, -0.25) is 14.5 Å². The highest BCUT2D eigenvalue weighted by molar-refractivity contribution is 6.12. The third-order valence-corrected chi connectivity index (χ3v) is 7.62. The number of imide groups is 1. The zero-order valence-corrected chi connectivity index (χ0v) is 27.5. The summed E-state index contributed by atoms with van der Waals surface area (Å²) in [7, 11) is 0. The molecular weight excluding hydrogens is 608 g/mol. The van der Waals surface area contributed by atoms with E-state index in [-0.39, 0.29) is 43.6 Å². The second kappa shape index (κ2) is 22.2. The molecule has 1 heterocycles. The van der Waals surface area contributed by atoms with Crippen molar-refractivity contribution in [2.24, 2.45) is 11.7 Å². The van der Waals surface area contributed by atoms with Crippen LogP contribution in [0.3, 0.4) is 0 Å². The van der Waals surface area contributed by atoms with Gasteiger partial charge >= 0.3 is 18.2 Å². The Morgan fingerprint density at radius 1 is 0.830 bits per heavy atom. The number of ether oxygens (including phenoxy) is 1. The van der Waals surface area contributed by atoms with Gasteiger partial charge in [0, 0.05) is 69.2 Å². The monoisotopic (exact) mass is 660 g/mol. The molecule has 1 aromatic rings. The van der Waals surface area contributed by atoms with E-state index in [9.17, 15) is 24.0 Å². The fraction of sp³-hybridized carbons (Fsp3) is 0.594. The molecule has 9 N–H and O–H groups in total. The molecule has 0 saturated carbocycles. The highest BCUT2D eigenvalue weighted by Crippen LogP contribution is 2.12. The molecule has 0 radical (unpaired) electrons. The first-order valence-electron chi connectivity index (χ1n) is 16.3. The van der Waals surface area contributed by atoms with Crippen LogP contribution >= 0.6 is 0 Å². The van der Waals surface area contributed by atoms with Gasteiger partial charge in [0.05, 0.1) is 0 Å². The van der Waals surface area contributed by atoms with Crippen LogP contribution in [0.1, 0.15) is 57.9 Å². The second-order valence-electron chi connectivity index (χ2n) is 11.7. The number of carboxylic acid groups (broad SMARTS) is 1. The Morgan fingerprint density at radius 2 is 1.51 bits per heavy atom. The van der Waals surface area contributed by atoms with Crippen LogP contribution in [0.5, 0.6) is 0 Å². The van der Waals surface area contributed by atoms with Gasteiger partial charge in [-0.1, -0.05) is 38.8 Å². The number of amides is 6. The molecule has 0 bridgehead atoms. The van der Waals surface area contributed by atoms with Gasteiger partial charge < -0.3 is 47.5 Å². The molecule has 2 atom stereocenters. The van der Waals surface area contributed by atoms with Gasteiger partial charge in [0.15, 0.2) is 0 Å². The number of carbonyl (C=O) groups excluding carboxylic acids is 4. The molecule has 15 heteroatoms. The number of hydrogen-bond donors (Lipinski definition) is 8. The van der Waals surface area contributed by atoms with E-state index in [1.165, 1.54) is 17.1 Å². The number of anilines is 1. The largest absolute Gasteiger partial charge is 0.465 e. The van der Waals surface area contributed by atoms with E-state index >= 15 is 0 Å². The van der Waals surface area contributed by atoms with Gasteiger partial charge in [-0.15, -0.1) is 0 Å². The summed E-state index contributed by atoms with van der Waals surface area (Å²) in [5.74, 6) is -0.0445. The summed E-state index contributed by atoms with van der Waals surface area (Å²) in [5, 5.41) is 26.6. The van der Waals surface area contributed by atoms with Crippen molar-refractivity contribution in [1.29, 1.82) is 0 Å². The fourth-order valence-corrected chi connectivity index (χ4v) is 4.85. The van der Waals surface area contributed by atoms with Crippen LogP contribution in [-0.2, 0) is 20.9 Å². The molecule has 262 valence electrons. The Morgan fingerprint density at radius 3 is 2.17 bits per heavy atom. The first-order valence-corrected chi connectivity index (χ1v) is 16.3. The van der Waals surface area contributed by atoms with Crippen LogP contribution in [-0.4, -0.2) is 97.9 Å². The van der Waals surface area contributed by atoms with Crippen molar-refractivity contribution < 1.29 is 33.8 Å². The molecule has 47 heavy (non-hydrogen) atoms. The summed E-state index contributed by atoms with van der Waals surface area (Å²) in [6.45, 7) is 7.93. The molecule has 1 aliphatic rings. The highest BCUT2D eigenvalue weighted by atomic mass is 16.5. The van der Waals surface area contributed by atoms with Crippen molar-refractivity contribution >= 4 is 35.7 Å². The van der Waals surface area contributed by atoms with E-state index in [0.29, 0.717) is 25.6 Å². The minimum absolute atomic E-state index is 0.0808. The van der Waals surface area contributed by atoms with Crippen molar-refractivity contribution in [2.45, 2.75) is 71.1 Å². The first kappa shape index (κ1) is 38.8. The molecule has 15 nitrogen and oxygen atoms in total. The molecule has 0 unspecified atom stereocenters. The maximum atomic E-state index is 11.8. The van der Waals surface area contributed by atoms with Crippen LogP contribution in [0, 0.1) is 5.92 Å². The van der Waals surface area contributed by atoms with Crippen LogP contribution in [0.4, 0.5) is 20.1 Å².